The molecule has 1 saturated carbocycles. The van der Waals surface area contributed by atoms with Gasteiger partial charge >= 0.3 is 0 Å². The molecule has 116 valence electrons. The zero-order valence-electron chi connectivity index (χ0n) is 13.0. The Labute approximate surface area is 127 Å². The number of hydrogen-bond acceptors (Lipinski definition) is 2. The molecule has 1 saturated heterocycles. The average molecular weight is 289 g/mol. The van der Waals surface area contributed by atoms with Crippen LogP contribution in [0.1, 0.15) is 62.0 Å². The normalized spacial score (nSPS) is 22.3. The van der Waals surface area contributed by atoms with Gasteiger partial charge in [-0.2, -0.15) is 0 Å². The Hall–Kier alpha value is -1.29. The maximum atomic E-state index is 12.6. The highest BCUT2D eigenvalue weighted by atomic mass is 16.2. The number of aromatic nitrogens is 1. The summed E-state index contributed by atoms with van der Waals surface area (Å²) in [6.07, 6.45) is 9.42. The Kier molecular flexibility index (Phi) is 4.63. The topological polar surface area (TPSA) is 46.1 Å². The molecule has 0 bridgehead atoms. The van der Waals surface area contributed by atoms with E-state index in [0.29, 0.717) is 12.0 Å². The third-order valence-corrected chi connectivity index (χ3v) is 5.18. The third kappa shape index (κ3) is 3.31. The summed E-state index contributed by atoms with van der Waals surface area (Å²) in [6.45, 7) is 4.25. The molecule has 1 amide bonds. The van der Waals surface area contributed by atoms with E-state index in [9.17, 15) is 4.79 Å². The second-order valence-electron chi connectivity index (χ2n) is 6.59. The van der Waals surface area contributed by atoms with Crippen molar-refractivity contribution in [3.05, 3.63) is 24.0 Å². The summed E-state index contributed by atoms with van der Waals surface area (Å²) in [5.74, 6) is 0.758. The number of amides is 1. The van der Waals surface area contributed by atoms with E-state index in [1.54, 1.807) is 0 Å². The standard InChI is InChI=1S/C17H27N3O/c1-13(14-5-2-3-6-14)19-17(21)16-7-4-12-20(16)15-8-10-18-11-9-15/h4,7,12-15,18H,2-3,5-6,8-11H2,1H3,(H,19,21). The van der Waals surface area contributed by atoms with Crippen molar-refractivity contribution in [3.8, 4) is 0 Å². The number of nitrogens with zero attached hydrogens (tertiary/aromatic N) is 1. The SMILES string of the molecule is CC(NC(=O)c1cccn1C1CCNCC1)C1CCCC1. The van der Waals surface area contributed by atoms with Crippen molar-refractivity contribution >= 4 is 5.91 Å². The molecule has 0 radical (unpaired) electrons. The van der Waals surface area contributed by atoms with Crippen LogP contribution < -0.4 is 10.6 Å². The lowest BCUT2D eigenvalue weighted by atomic mass is 10.00. The van der Waals surface area contributed by atoms with Crippen molar-refractivity contribution < 1.29 is 4.79 Å². The average Bonchev–Trinajstić information content (AvgIpc) is 3.19. The molecule has 21 heavy (non-hydrogen) atoms. The molecule has 0 spiro atoms. The molecule has 3 rings (SSSR count). The quantitative estimate of drug-likeness (QED) is 0.895. The lowest BCUT2D eigenvalue weighted by Crippen LogP contribution is -2.39. The van der Waals surface area contributed by atoms with Crippen molar-refractivity contribution in [2.75, 3.05) is 13.1 Å². The molecule has 0 aromatic carbocycles. The minimum Gasteiger partial charge on any atom is -0.348 e. The highest BCUT2D eigenvalue weighted by Gasteiger charge is 2.25. The molecular formula is C17H27N3O. The summed E-state index contributed by atoms with van der Waals surface area (Å²) >= 11 is 0. The molecule has 2 N–H and O–H groups in total. The van der Waals surface area contributed by atoms with Crippen LogP contribution in [0.2, 0.25) is 0 Å². The van der Waals surface area contributed by atoms with Gasteiger partial charge in [0, 0.05) is 18.3 Å². The fraction of sp³-hybridized carbons (Fsp3) is 0.706. The van der Waals surface area contributed by atoms with E-state index in [2.05, 4.69) is 28.3 Å². The molecule has 2 fully saturated rings. The number of piperidine rings is 1. The zero-order chi connectivity index (χ0) is 14.7. The van der Waals surface area contributed by atoms with Gasteiger partial charge in [-0.25, -0.2) is 0 Å². The van der Waals surface area contributed by atoms with Crippen molar-refractivity contribution in [3.63, 3.8) is 0 Å². The molecule has 1 aliphatic carbocycles. The van der Waals surface area contributed by atoms with Crippen LogP contribution in [0, 0.1) is 5.92 Å². The van der Waals surface area contributed by atoms with Crippen LogP contribution in [0.3, 0.4) is 0 Å². The molecule has 2 aliphatic rings. The van der Waals surface area contributed by atoms with Gasteiger partial charge in [0.1, 0.15) is 5.69 Å². The summed E-state index contributed by atoms with van der Waals surface area (Å²) < 4.78 is 2.18. The first-order chi connectivity index (χ1) is 10.3. The summed E-state index contributed by atoms with van der Waals surface area (Å²) in [6, 6.07) is 4.70. The summed E-state index contributed by atoms with van der Waals surface area (Å²) in [5.41, 5.74) is 0.826. The maximum Gasteiger partial charge on any atom is 0.268 e. The van der Waals surface area contributed by atoms with E-state index in [-0.39, 0.29) is 11.9 Å². The van der Waals surface area contributed by atoms with E-state index in [1.165, 1.54) is 25.7 Å². The number of carbonyl (C=O) groups is 1. The van der Waals surface area contributed by atoms with Crippen LogP contribution in [0.25, 0.3) is 0 Å². The molecule has 1 aliphatic heterocycles. The minimum absolute atomic E-state index is 0.0953. The van der Waals surface area contributed by atoms with Gasteiger partial charge in [-0.1, -0.05) is 12.8 Å². The monoisotopic (exact) mass is 289 g/mol. The second-order valence-corrected chi connectivity index (χ2v) is 6.59. The Morgan fingerprint density at radius 1 is 1.29 bits per heavy atom. The predicted molar refractivity (Wildman–Crippen MR) is 84.5 cm³/mol. The van der Waals surface area contributed by atoms with Crippen molar-refractivity contribution in [1.82, 2.24) is 15.2 Å². The van der Waals surface area contributed by atoms with Gasteiger partial charge in [0.2, 0.25) is 0 Å². The number of rotatable bonds is 4. The largest absolute Gasteiger partial charge is 0.348 e. The Morgan fingerprint density at radius 2 is 2.00 bits per heavy atom. The van der Waals surface area contributed by atoms with E-state index >= 15 is 0 Å². The lowest BCUT2D eigenvalue weighted by molar-refractivity contribution is 0.0914. The van der Waals surface area contributed by atoms with Crippen LogP contribution >= 0.6 is 0 Å². The third-order valence-electron chi connectivity index (χ3n) is 5.18. The number of carbonyl (C=O) groups excluding carboxylic acids is 1. The van der Waals surface area contributed by atoms with Crippen molar-refractivity contribution in [1.29, 1.82) is 0 Å². The number of nitrogens with one attached hydrogen (secondary N) is 2. The first kappa shape index (κ1) is 14.6. The first-order valence-corrected chi connectivity index (χ1v) is 8.44. The van der Waals surface area contributed by atoms with Crippen LogP contribution in [-0.4, -0.2) is 29.6 Å². The van der Waals surface area contributed by atoms with Crippen LogP contribution in [0.15, 0.2) is 18.3 Å². The van der Waals surface area contributed by atoms with Gasteiger partial charge in [-0.3, -0.25) is 4.79 Å². The first-order valence-electron chi connectivity index (χ1n) is 8.44. The molecule has 1 atom stereocenters. The second kappa shape index (κ2) is 6.65. The minimum atomic E-state index is 0.0953. The molecule has 4 heteroatoms. The van der Waals surface area contributed by atoms with Gasteiger partial charge in [0.05, 0.1) is 0 Å². The Balaban J connectivity index is 1.65. The molecule has 1 unspecified atom stereocenters. The van der Waals surface area contributed by atoms with E-state index in [1.807, 2.05) is 12.1 Å². The van der Waals surface area contributed by atoms with Crippen LogP contribution in [0.5, 0.6) is 0 Å². The van der Waals surface area contributed by atoms with Gasteiger partial charge < -0.3 is 15.2 Å². The summed E-state index contributed by atoms with van der Waals surface area (Å²) in [5, 5.41) is 6.61. The van der Waals surface area contributed by atoms with Gasteiger partial charge in [0.15, 0.2) is 0 Å². The molecule has 4 nitrogen and oxygen atoms in total. The molecule has 1 aromatic rings. The highest BCUT2D eigenvalue weighted by molar-refractivity contribution is 5.93. The maximum absolute atomic E-state index is 12.6. The predicted octanol–water partition coefficient (Wildman–Crippen LogP) is 2.72. The fourth-order valence-electron chi connectivity index (χ4n) is 3.85. The smallest absolute Gasteiger partial charge is 0.268 e. The van der Waals surface area contributed by atoms with Crippen molar-refractivity contribution in [2.24, 2.45) is 5.92 Å². The van der Waals surface area contributed by atoms with E-state index in [0.717, 1.165) is 31.6 Å². The molecule has 1 aromatic heterocycles. The summed E-state index contributed by atoms with van der Waals surface area (Å²) in [7, 11) is 0. The van der Waals surface area contributed by atoms with Gasteiger partial charge in [-0.05, 0) is 63.7 Å². The van der Waals surface area contributed by atoms with Crippen LogP contribution in [0.4, 0.5) is 0 Å². The summed E-state index contributed by atoms with van der Waals surface area (Å²) in [4.78, 5) is 12.6. The van der Waals surface area contributed by atoms with E-state index < -0.39 is 0 Å². The van der Waals surface area contributed by atoms with E-state index in [4.69, 9.17) is 0 Å². The highest BCUT2D eigenvalue weighted by Crippen LogP contribution is 2.28. The Morgan fingerprint density at radius 3 is 2.71 bits per heavy atom. The molecule has 2 heterocycles. The van der Waals surface area contributed by atoms with Gasteiger partial charge in [-0.15, -0.1) is 0 Å². The van der Waals surface area contributed by atoms with Crippen LogP contribution in [-0.2, 0) is 0 Å². The van der Waals surface area contributed by atoms with Gasteiger partial charge in [0.25, 0.3) is 5.91 Å². The van der Waals surface area contributed by atoms with Crippen molar-refractivity contribution in [2.45, 2.75) is 57.5 Å². The Bertz CT molecular complexity index is 470. The fourth-order valence-corrected chi connectivity index (χ4v) is 3.85. The zero-order valence-corrected chi connectivity index (χ0v) is 13.0. The number of hydrogen-bond donors (Lipinski definition) is 2. The lowest BCUT2D eigenvalue weighted by Gasteiger charge is -2.27. The molecular weight excluding hydrogens is 262 g/mol.